The molecule has 106 valence electrons. The Kier molecular flexibility index (Phi) is 4.23. The minimum Gasteiger partial charge on any atom is -0.468 e. The molecule has 0 N–H and O–H groups in total. The van der Waals surface area contributed by atoms with Gasteiger partial charge in [0.2, 0.25) is 0 Å². The number of carbonyl (C=O) groups is 2. The maximum absolute atomic E-state index is 12.0. The van der Waals surface area contributed by atoms with Crippen molar-refractivity contribution in [3.05, 3.63) is 41.5 Å². The van der Waals surface area contributed by atoms with Gasteiger partial charge in [0, 0.05) is 0 Å². The van der Waals surface area contributed by atoms with E-state index in [1.165, 1.54) is 14.2 Å². The molecule has 0 saturated heterocycles. The van der Waals surface area contributed by atoms with E-state index >= 15 is 0 Å². The fourth-order valence-corrected chi connectivity index (χ4v) is 2.67. The third-order valence-electron chi connectivity index (χ3n) is 3.72. The SMILES string of the molecule is COC(=O)C1(C(=O)OC)CC/C(=C/c2ccccc2)C1. The highest BCUT2D eigenvalue weighted by molar-refractivity contribution is 6.01. The lowest BCUT2D eigenvalue weighted by atomic mass is 9.86. The highest BCUT2D eigenvalue weighted by Crippen LogP contribution is 2.44. The van der Waals surface area contributed by atoms with Crippen LogP contribution in [0, 0.1) is 5.41 Å². The predicted octanol–water partition coefficient (Wildman–Crippen LogP) is 2.59. The molecule has 0 spiro atoms. The van der Waals surface area contributed by atoms with Crippen LogP contribution in [0.2, 0.25) is 0 Å². The van der Waals surface area contributed by atoms with Crippen molar-refractivity contribution in [1.29, 1.82) is 0 Å². The molecule has 0 atom stereocenters. The number of rotatable bonds is 3. The van der Waals surface area contributed by atoms with Crippen molar-refractivity contribution in [2.45, 2.75) is 19.3 Å². The fraction of sp³-hybridized carbons (Fsp3) is 0.375. The van der Waals surface area contributed by atoms with Crippen molar-refractivity contribution in [3.63, 3.8) is 0 Å². The first kappa shape index (κ1) is 14.3. The summed E-state index contributed by atoms with van der Waals surface area (Å²) >= 11 is 0. The molecular formula is C16H18O4. The Morgan fingerprint density at radius 1 is 1.10 bits per heavy atom. The van der Waals surface area contributed by atoms with Crippen LogP contribution in [-0.2, 0) is 19.1 Å². The first-order valence-corrected chi connectivity index (χ1v) is 6.54. The van der Waals surface area contributed by atoms with Crippen LogP contribution in [0.25, 0.3) is 6.08 Å². The topological polar surface area (TPSA) is 52.6 Å². The molecule has 0 radical (unpaired) electrons. The van der Waals surface area contributed by atoms with E-state index in [4.69, 9.17) is 9.47 Å². The maximum Gasteiger partial charge on any atom is 0.323 e. The largest absolute Gasteiger partial charge is 0.468 e. The van der Waals surface area contributed by atoms with Crippen LogP contribution in [0.1, 0.15) is 24.8 Å². The van der Waals surface area contributed by atoms with E-state index < -0.39 is 17.4 Å². The molecule has 1 aromatic rings. The fourth-order valence-electron chi connectivity index (χ4n) is 2.67. The number of benzene rings is 1. The number of methoxy groups -OCH3 is 2. The van der Waals surface area contributed by atoms with Gasteiger partial charge in [-0.25, -0.2) is 0 Å². The molecule has 1 aliphatic rings. The summed E-state index contributed by atoms with van der Waals surface area (Å²) in [5, 5.41) is 0. The van der Waals surface area contributed by atoms with Crippen LogP contribution in [0.15, 0.2) is 35.9 Å². The van der Waals surface area contributed by atoms with Gasteiger partial charge < -0.3 is 9.47 Å². The molecule has 2 rings (SSSR count). The summed E-state index contributed by atoms with van der Waals surface area (Å²) in [7, 11) is 2.60. The summed E-state index contributed by atoms with van der Waals surface area (Å²) in [6.45, 7) is 0. The smallest absolute Gasteiger partial charge is 0.323 e. The Hall–Kier alpha value is -2.10. The van der Waals surface area contributed by atoms with Crippen LogP contribution in [0.3, 0.4) is 0 Å². The van der Waals surface area contributed by atoms with Crippen LogP contribution in [-0.4, -0.2) is 26.2 Å². The summed E-state index contributed by atoms with van der Waals surface area (Å²) in [6, 6.07) is 9.83. The van der Waals surface area contributed by atoms with Crippen LogP contribution in [0.4, 0.5) is 0 Å². The molecule has 1 fully saturated rings. The van der Waals surface area contributed by atoms with Crippen molar-refractivity contribution < 1.29 is 19.1 Å². The van der Waals surface area contributed by atoms with Crippen LogP contribution >= 0.6 is 0 Å². The molecule has 4 heteroatoms. The van der Waals surface area contributed by atoms with Gasteiger partial charge in [0.1, 0.15) is 0 Å². The zero-order chi connectivity index (χ0) is 14.6. The summed E-state index contributed by atoms with van der Waals surface area (Å²) in [5.41, 5.74) is 0.949. The average Bonchev–Trinajstić information content (AvgIpc) is 2.91. The number of allylic oxidation sites excluding steroid dienone is 1. The summed E-state index contributed by atoms with van der Waals surface area (Å²) in [5.74, 6) is -1.03. The first-order chi connectivity index (χ1) is 9.62. The van der Waals surface area contributed by atoms with Gasteiger partial charge in [0.05, 0.1) is 14.2 Å². The van der Waals surface area contributed by atoms with Crippen LogP contribution in [0.5, 0.6) is 0 Å². The minimum atomic E-state index is -1.18. The molecule has 1 aromatic carbocycles. The predicted molar refractivity (Wildman–Crippen MR) is 74.7 cm³/mol. The Morgan fingerprint density at radius 2 is 1.70 bits per heavy atom. The lowest BCUT2D eigenvalue weighted by Crippen LogP contribution is -2.38. The molecular weight excluding hydrogens is 256 g/mol. The molecule has 0 amide bonds. The molecule has 0 heterocycles. The number of carbonyl (C=O) groups excluding carboxylic acids is 2. The highest BCUT2D eigenvalue weighted by atomic mass is 16.5. The van der Waals surface area contributed by atoms with E-state index in [2.05, 4.69) is 0 Å². The van der Waals surface area contributed by atoms with Gasteiger partial charge in [-0.2, -0.15) is 0 Å². The Bertz CT molecular complexity index is 515. The maximum atomic E-state index is 12.0. The quantitative estimate of drug-likeness (QED) is 0.628. The normalized spacial score (nSPS) is 18.8. The second-order valence-corrected chi connectivity index (χ2v) is 4.96. The Morgan fingerprint density at radius 3 is 2.25 bits per heavy atom. The van der Waals surface area contributed by atoms with E-state index in [0.717, 1.165) is 11.1 Å². The summed E-state index contributed by atoms with van der Waals surface area (Å²) in [4.78, 5) is 24.0. The van der Waals surface area contributed by atoms with Crippen LogP contribution < -0.4 is 0 Å². The lowest BCUT2D eigenvalue weighted by Gasteiger charge is -2.22. The highest BCUT2D eigenvalue weighted by Gasteiger charge is 2.51. The molecule has 20 heavy (non-hydrogen) atoms. The average molecular weight is 274 g/mol. The van der Waals surface area contributed by atoms with Crippen molar-refractivity contribution in [2.75, 3.05) is 14.2 Å². The van der Waals surface area contributed by atoms with E-state index in [1.807, 2.05) is 36.4 Å². The number of ether oxygens (including phenoxy) is 2. The van der Waals surface area contributed by atoms with E-state index in [-0.39, 0.29) is 0 Å². The number of hydrogen-bond donors (Lipinski definition) is 0. The van der Waals surface area contributed by atoms with Crippen molar-refractivity contribution in [3.8, 4) is 0 Å². The first-order valence-electron chi connectivity index (χ1n) is 6.54. The van der Waals surface area contributed by atoms with Crippen molar-refractivity contribution >= 4 is 18.0 Å². The second-order valence-electron chi connectivity index (χ2n) is 4.96. The lowest BCUT2D eigenvalue weighted by molar-refractivity contribution is -0.168. The summed E-state index contributed by atoms with van der Waals surface area (Å²) in [6.07, 6.45) is 3.51. The number of hydrogen-bond acceptors (Lipinski definition) is 4. The second kappa shape index (κ2) is 5.90. The monoisotopic (exact) mass is 274 g/mol. The Balaban J connectivity index is 2.26. The minimum absolute atomic E-state index is 0.362. The summed E-state index contributed by atoms with van der Waals surface area (Å²) < 4.78 is 9.58. The van der Waals surface area contributed by atoms with Gasteiger partial charge >= 0.3 is 11.9 Å². The van der Waals surface area contributed by atoms with E-state index in [0.29, 0.717) is 19.3 Å². The zero-order valence-corrected chi connectivity index (χ0v) is 11.7. The van der Waals surface area contributed by atoms with Crippen molar-refractivity contribution in [2.24, 2.45) is 5.41 Å². The van der Waals surface area contributed by atoms with Gasteiger partial charge in [0.25, 0.3) is 0 Å². The zero-order valence-electron chi connectivity index (χ0n) is 11.7. The van der Waals surface area contributed by atoms with E-state index in [9.17, 15) is 9.59 Å². The van der Waals surface area contributed by atoms with Gasteiger partial charge in [-0.1, -0.05) is 42.0 Å². The molecule has 0 bridgehead atoms. The molecule has 0 aliphatic heterocycles. The third kappa shape index (κ3) is 2.59. The molecule has 1 aliphatic carbocycles. The third-order valence-corrected chi connectivity index (χ3v) is 3.72. The van der Waals surface area contributed by atoms with Gasteiger partial charge in [-0.15, -0.1) is 0 Å². The van der Waals surface area contributed by atoms with Gasteiger partial charge in [0.15, 0.2) is 5.41 Å². The van der Waals surface area contributed by atoms with Crippen molar-refractivity contribution in [1.82, 2.24) is 0 Å². The van der Waals surface area contributed by atoms with E-state index in [1.54, 1.807) is 0 Å². The van der Waals surface area contributed by atoms with Gasteiger partial charge in [-0.3, -0.25) is 9.59 Å². The molecule has 4 nitrogen and oxygen atoms in total. The Labute approximate surface area is 118 Å². The van der Waals surface area contributed by atoms with Gasteiger partial charge in [-0.05, 0) is 24.8 Å². The molecule has 1 saturated carbocycles. The molecule has 0 aromatic heterocycles. The molecule has 0 unspecified atom stereocenters. The number of esters is 2. The standard InChI is InChI=1S/C16H18O4/c1-19-14(17)16(15(18)20-2)9-8-13(11-16)10-12-6-4-3-5-7-12/h3-7,10H,8-9,11H2,1-2H3/b13-10-.